The fraction of sp³-hybridized carbons (Fsp3) is 0.364. The SMILES string of the molecule is Cc1nccn1CC1CCc2c(c3ccccc3n2C)C1=O.O=C(O)CC(O)C(=O)O. The van der Waals surface area contributed by atoms with E-state index in [-0.39, 0.29) is 11.7 Å². The number of imidazole rings is 1. The van der Waals surface area contributed by atoms with Gasteiger partial charge in [0.1, 0.15) is 5.82 Å². The van der Waals surface area contributed by atoms with Crippen molar-refractivity contribution in [2.24, 2.45) is 13.0 Å². The predicted octanol–water partition coefficient (Wildman–Crippen LogP) is 2.04. The first kappa shape index (κ1) is 22.2. The van der Waals surface area contributed by atoms with Crippen molar-refractivity contribution in [2.45, 2.75) is 38.8 Å². The Bertz CT molecular complexity index is 1130. The quantitative estimate of drug-likeness (QED) is 0.567. The van der Waals surface area contributed by atoms with Crippen LogP contribution in [0.1, 0.15) is 34.7 Å². The van der Waals surface area contributed by atoms with E-state index in [0.717, 1.165) is 41.7 Å². The number of benzene rings is 1. The van der Waals surface area contributed by atoms with Gasteiger partial charge in [-0.15, -0.1) is 0 Å². The maximum Gasteiger partial charge on any atom is 0.333 e. The molecule has 0 spiro atoms. The van der Waals surface area contributed by atoms with E-state index in [2.05, 4.69) is 33.3 Å². The molecular formula is C22H25N3O6. The molecule has 0 aliphatic heterocycles. The molecule has 2 unspecified atom stereocenters. The van der Waals surface area contributed by atoms with Crippen molar-refractivity contribution < 1.29 is 29.7 Å². The van der Waals surface area contributed by atoms with Gasteiger partial charge in [0.15, 0.2) is 11.9 Å². The Balaban J connectivity index is 0.000000259. The standard InChI is InChI=1S/C18H19N3O.C4H6O5/c1-12-19-9-10-21(12)11-13-7-8-16-17(18(13)22)14-5-3-4-6-15(14)20(16)2;5-2(4(8)9)1-3(6)7/h3-6,9-10,13H,7-8,11H2,1-2H3;2,5H,1H2,(H,6,7)(H,8,9). The number of rotatable bonds is 5. The third kappa shape index (κ3) is 4.66. The van der Waals surface area contributed by atoms with Crippen LogP contribution in [0, 0.1) is 12.8 Å². The van der Waals surface area contributed by atoms with Gasteiger partial charge in [-0.25, -0.2) is 9.78 Å². The average molecular weight is 427 g/mol. The number of nitrogens with zero attached hydrogens (tertiary/aromatic N) is 3. The summed E-state index contributed by atoms with van der Waals surface area (Å²) in [6.45, 7) is 2.71. The number of ketones is 1. The maximum atomic E-state index is 13.0. The first-order valence-electron chi connectivity index (χ1n) is 9.91. The highest BCUT2D eigenvalue weighted by molar-refractivity contribution is 6.11. The van der Waals surface area contributed by atoms with Crippen LogP contribution in [-0.2, 0) is 29.6 Å². The second-order valence-electron chi connectivity index (χ2n) is 7.58. The van der Waals surface area contributed by atoms with Crippen LogP contribution in [0.5, 0.6) is 0 Å². The number of fused-ring (bicyclic) bond motifs is 3. The van der Waals surface area contributed by atoms with Crippen LogP contribution in [0.4, 0.5) is 0 Å². The van der Waals surface area contributed by atoms with Crippen molar-refractivity contribution >= 4 is 28.6 Å². The molecule has 164 valence electrons. The topological polar surface area (TPSA) is 135 Å². The molecule has 9 nitrogen and oxygen atoms in total. The minimum absolute atomic E-state index is 0.0474. The van der Waals surface area contributed by atoms with E-state index < -0.39 is 24.5 Å². The number of hydrogen-bond donors (Lipinski definition) is 3. The largest absolute Gasteiger partial charge is 0.481 e. The molecule has 2 heterocycles. The number of carboxylic acid groups (broad SMARTS) is 2. The number of aliphatic carboxylic acids is 2. The molecule has 4 rings (SSSR count). The van der Waals surface area contributed by atoms with Crippen LogP contribution < -0.4 is 0 Å². The summed E-state index contributed by atoms with van der Waals surface area (Å²) in [4.78, 5) is 36.7. The summed E-state index contributed by atoms with van der Waals surface area (Å²) < 4.78 is 4.26. The summed E-state index contributed by atoms with van der Waals surface area (Å²) in [5, 5.41) is 25.2. The first-order valence-corrected chi connectivity index (χ1v) is 9.91. The van der Waals surface area contributed by atoms with E-state index in [0.29, 0.717) is 0 Å². The summed E-state index contributed by atoms with van der Waals surface area (Å²) in [6, 6.07) is 8.21. The van der Waals surface area contributed by atoms with Gasteiger partial charge in [0.2, 0.25) is 0 Å². The first-order chi connectivity index (χ1) is 14.7. The number of para-hydroxylation sites is 1. The smallest absolute Gasteiger partial charge is 0.333 e. The molecule has 0 fully saturated rings. The van der Waals surface area contributed by atoms with Gasteiger partial charge in [0.25, 0.3) is 0 Å². The predicted molar refractivity (Wildman–Crippen MR) is 112 cm³/mol. The number of aryl methyl sites for hydroxylation is 2. The Kier molecular flexibility index (Phi) is 6.55. The lowest BCUT2D eigenvalue weighted by Gasteiger charge is -2.23. The van der Waals surface area contributed by atoms with E-state index in [1.807, 2.05) is 25.3 Å². The minimum atomic E-state index is -1.79. The Morgan fingerprint density at radius 2 is 1.97 bits per heavy atom. The van der Waals surface area contributed by atoms with E-state index in [1.54, 1.807) is 6.20 Å². The third-order valence-electron chi connectivity index (χ3n) is 5.57. The average Bonchev–Trinajstić information content (AvgIpc) is 3.25. The molecule has 1 aliphatic carbocycles. The number of aliphatic hydroxyl groups excluding tert-OH is 1. The normalized spacial score (nSPS) is 16.4. The molecule has 3 N–H and O–H groups in total. The summed E-state index contributed by atoms with van der Waals surface area (Å²) in [7, 11) is 2.06. The number of carbonyl (C=O) groups is 3. The molecule has 9 heteroatoms. The van der Waals surface area contributed by atoms with Crippen molar-refractivity contribution in [3.05, 3.63) is 53.7 Å². The van der Waals surface area contributed by atoms with Gasteiger partial charge in [0, 0.05) is 54.1 Å². The third-order valence-corrected chi connectivity index (χ3v) is 5.57. The molecule has 1 aromatic carbocycles. The second-order valence-corrected chi connectivity index (χ2v) is 7.58. The number of carboxylic acids is 2. The van der Waals surface area contributed by atoms with Crippen molar-refractivity contribution in [1.82, 2.24) is 14.1 Å². The molecule has 0 radical (unpaired) electrons. The lowest BCUT2D eigenvalue weighted by molar-refractivity contribution is -0.152. The molecule has 0 saturated carbocycles. The Labute approximate surface area is 178 Å². The molecule has 3 aromatic rings. The van der Waals surface area contributed by atoms with Gasteiger partial charge in [-0.2, -0.15) is 0 Å². The number of Topliss-reactive ketones (excluding diaryl/α,β-unsaturated/α-hetero) is 1. The van der Waals surface area contributed by atoms with Crippen LogP contribution in [0.25, 0.3) is 10.9 Å². The van der Waals surface area contributed by atoms with E-state index in [4.69, 9.17) is 15.3 Å². The molecular weight excluding hydrogens is 402 g/mol. The van der Waals surface area contributed by atoms with Crippen LogP contribution in [0.2, 0.25) is 0 Å². The zero-order chi connectivity index (χ0) is 22.7. The summed E-state index contributed by atoms with van der Waals surface area (Å²) in [5.41, 5.74) is 3.28. The summed E-state index contributed by atoms with van der Waals surface area (Å²) >= 11 is 0. The zero-order valence-electron chi connectivity index (χ0n) is 17.4. The van der Waals surface area contributed by atoms with Crippen LogP contribution >= 0.6 is 0 Å². The summed E-state index contributed by atoms with van der Waals surface area (Å²) in [5.74, 6) is -1.55. The van der Waals surface area contributed by atoms with Crippen molar-refractivity contribution in [3.63, 3.8) is 0 Å². The monoisotopic (exact) mass is 427 g/mol. The number of aromatic nitrogens is 3. The van der Waals surface area contributed by atoms with Gasteiger partial charge < -0.3 is 24.5 Å². The minimum Gasteiger partial charge on any atom is -0.481 e. The molecule has 0 amide bonds. The van der Waals surface area contributed by atoms with Gasteiger partial charge in [0.05, 0.1) is 6.42 Å². The lowest BCUT2D eigenvalue weighted by atomic mass is 9.85. The van der Waals surface area contributed by atoms with E-state index in [9.17, 15) is 14.4 Å². The highest BCUT2D eigenvalue weighted by atomic mass is 16.4. The Morgan fingerprint density at radius 1 is 1.26 bits per heavy atom. The lowest BCUT2D eigenvalue weighted by Crippen LogP contribution is -2.27. The van der Waals surface area contributed by atoms with Gasteiger partial charge in [-0.1, -0.05) is 18.2 Å². The van der Waals surface area contributed by atoms with Gasteiger partial charge in [-0.05, 0) is 25.8 Å². The van der Waals surface area contributed by atoms with Crippen LogP contribution in [-0.4, -0.2) is 53.3 Å². The number of aliphatic hydroxyl groups is 1. The van der Waals surface area contributed by atoms with E-state index in [1.165, 1.54) is 5.69 Å². The number of hydrogen-bond acceptors (Lipinski definition) is 5. The van der Waals surface area contributed by atoms with Crippen LogP contribution in [0.3, 0.4) is 0 Å². The fourth-order valence-corrected chi connectivity index (χ4v) is 3.92. The highest BCUT2D eigenvalue weighted by Gasteiger charge is 2.32. The highest BCUT2D eigenvalue weighted by Crippen LogP contribution is 2.34. The van der Waals surface area contributed by atoms with Gasteiger partial charge >= 0.3 is 11.9 Å². The fourth-order valence-electron chi connectivity index (χ4n) is 3.92. The molecule has 31 heavy (non-hydrogen) atoms. The Morgan fingerprint density at radius 3 is 2.55 bits per heavy atom. The van der Waals surface area contributed by atoms with Crippen molar-refractivity contribution in [3.8, 4) is 0 Å². The van der Waals surface area contributed by atoms with Crippen molar-refractivity contribution in [1.29, 1.82) is 0 Å². The van der Waals surface area contributed by atoms with Crippen molar-refractivity contribution in [2.75, 3.05) is 0 Å². The van der Waals surface area contributed by atoms with Gasteiger partial charge in [-0.3, -0.25) is 9.59 Å². The van der Waals surface area contributed by atoms with Crippen LogP contribution in [0.15, 0.2) is 36.7 Å². The second kappa shape index (κ2) is 9.13. The molecule has 0 saturated heterocycles. The number of carbonyl (C=O) groups excluding carboxylic acids is 1. The molecule has 2 atom stereocenters. The molecule has 2 aromatic heterocycles. The maximum absolute atomic E-state index is 13.0. The van der Waals surface area contributed by atoms with E-state index >= 15 is 0 Å². The zero-order valence-corrected chi connectivity index (χ0v) is 17.4. The molecule has 1 aliphatic rings. The Hall–Kier alpha value is -3.46. The summed E-state index contributed by atoms with van der Waals surface area (Å²) in [6.07, 6.45) is 3.09. The molecule has 0 bridgehead atoms.